The maximum atomic E-state index is 6.60. The number of benzene rings is 4. The monoisotopic (exact) mass is 877 g/mol. The van der Waals surface area contributed by atoms with Crippen LogP contribution in [-0.4, -0.2) is 9.97 Å². The Labute approximate surface area is 325 Å². The molecule has 8 aromatic rings. The second-order valence-corrected chi connectivity index (χ2v) is 16.4. The van der Waals surface area contributed by atoms with Crippen molar-refractivity contribution in [3.05, 3.63) is 142 Å². The second kappa shape index (κ2) is 14.9. The average molecular weight is 877 g/mol. The van der Waals surface area contributed by atoms with Gasteiger partial charge in [-0.15, -0.1) is 64.9 Å². The van der Waals surface area contributed by atoms with E-state index in [9.17, 15) is 0 Å². The van der Waals surface area contributed by atoms with E-state index in [-0.39, 0.29) is 25.5 Å². The summed E-state index contributed by atoms with van der Waals surface area (Å²) < 4.78 is 7.86. The Morgan fingerprint density at radius 3 is 2.12 bits per heavy atom. The molecule has 0 aliphatic rings. The van der Waals surface area contributed by atoms with Crippen LogP contribution >= 0.6 is 11.3 Å². The summed E-state index contributed by atoms with van der Waals surface area (Å²) in [4.78, 5) is 10.7. The minimum absolute atomic E-state index is 0. The van der Waals surface area contributed by atoms with Crippen LogP contribution in [0.3, 0.4) is 0 Å². The summed E-state index contributed by atoms with van der Waals surface area (Å²) in [7, 11) is 0. The third-order valence-electron chi connectivity index (χ3n) is 9.55. The minimum Gasteiger partial charge on any atom is -0.500 e. The Morgan fingerprint density at radius 2 is 1.42 bits per heavy atom. The molecule has 0 unspecified atom stereocenters. The van der Waals surface area contributed by atoms with Crippen molar-refractivity contribution in [1.29, 1.82) is 0 Å². The second-order valence-electron chi connectivity index (χ2n) is 15.1. The zero-order chi connectivity index (χ0) is 36.0. The number of hydrogen-bond acceptors (Lipinski definition) is 4. The van der Waals surface area contributed by atoms with Crippen LogP contribution in [0.5, 0.6) is 0 Å². The van der Waals surface area contributed by atoms with Gasteiger partial charge in [-0.2, -0.15) is 0 Å². The van der Waals surface area contributed by atoms with Gasteiger partial charge < -0.3 is 14.4 Å². The smallest absolute Gasteiger partial charge is 0.129 e. The van der Waals surface area contributed by atoms with Gasteiger partial charge in [-0.25, -0.2) is 0 Å². The number of rotatable bonds is 4. The van der Waals surface area contributed by atoms with E-state index in [1.54, 1.807) is 11.3 Å². The van der Waals surface area contributed by atoms with Gasteiger partial charge in [-0.1, -0.05) is 80.6 Å². The summed E-state index contributed by atoms with van der Waals surface area (Å²) in [5.41, 5.74) is 15.9. The van der Waals surface area contributed by atoms with E-state index in [1.807, 2.05) is 18.3 Å². The first-order chi connectivity index (χ1) is 24.4. The molecule has 4 heterocycles. The van der Waals surface area contributed by atoms with Gasteiger partial charge in [0.1, 0.15) is 5.58 Å². The van der Waals surface area contributed by atoms with E-state index < -0.39 is 0 Å². The van der Waals surface area contributed by atoms with Gasteiger partial charge in [-0.05, 0) is 103 Å². The number of nitrogens with zero attached hydrogens (tertiary/aromatic N) is 2. The zero-order valence-corrected chi connectivity index (χ0v) is 34.6. The Balaban J connectivity index is 0.000000244. The molecule has 8 rings (SSSR count). The Kier molecular flexibility index (Phi) is 10.7. The van der Waals surface area contributed by atoms with E-state index >= 15 is 0 Å². The van der Waals surface area contributed by atoms with Crippen LogP contribution in [0.25, 0.3) is 65.7 Å². The van der Waals surface area contributed by atoms with Crippen molar-refractivity contribution in [2.75, 3.05) is 0 Å². The number of thiophene rings is 1. The van der Waals surface area contributed by atoms with Gasteiger partial charge in [0, 0.05) is 52.8 Å². The van der Waals surface area contributed by atoms with E-state index in [4.69, 9.17) is 9.40 Å². The van der Waals surface area contributed by atoms with E-state index in [1.165, 1.54) is 59.5 Å². The largest absolute Gasteiger partial charge is 0.500 e. The van der Waals surface area contributed by atoms with Crippen LogP contribution in [0, 0.1) is 59.1 Å². The van der Waals surface area contributed by atoms with Crippen LogP contribution in [0.4, 0.5) is 0 Å². The molecule has 4 aromatic carbocycles. The van der Waals surface area contributed by atoms with Gasteiger partial charge in [0.05, 0.1) is 5.58 Å². The summed E-state index contributed by atoms with van der Waals surface area (Å²) in [6.07, 6.45) is 4.94. The van der Waals surface area contributed by atoms with Crippen molar-refractivity contribution in [3.63, 3.8) is 0 Å². The standard InChI is InChI=1S/C33H30NOS.C14H14N.Ir/c1-19-9-7-10-20(2)30(19)26-16-28(34-18-22(26)17-33(4,5)6)25-12-8-11-23-24-13-14-29-27(15-21(3)36-29)32(24)35-31(23)25;1-10-4-6-13(7-5-10)14-8-11(2)12(3)9-15-14;/h7-11,13-16,18H,17H2,1-6H3;4-6,8-9H,1-3H3;/q2*-1;. The predicted molar refractivity (Wildman–Crippen MR) is 217 cm³/mol. The van der Waals surface area contributed by atoms with Crippen LogP contribution in [0.1, 0.15) is 59.0 Å². The molecular weight excluding hydrogens is 833 g/mol. The summed E-state index contributed by atoms with van der Waals surface area (Å²) in [5, 5.41) is 3.44. The van der Waals surface area contributed by atoms with Crippen molar-refractivity contribution < 1.29 is 24.5 Å². The van der Waals surface area contributed by atoms with Crippen LogP contribution < -0.4 is 0 Å². The molecule has 0 atom stereocenters. The van der Waals surface area contributed by atoms with Gasteiger partial charge >= 0.3 is 0 Å². The van der Waals surface area contributed by atoms with Crippen molar-refractivity contribution in [2.45, 2.75) is 68.7 Å². The normalized spacial score (nSPS) is 11.5. The molecule has 4 aromatic heterocycles. The number of pyridine rings is 2. The first kappa shape index (κ1) is 37.3. The Bertz CT molecular complexity index is 2530. The summed E-state index contributed by atoms with van der Waals surface area (Å²) in [5.74, 6) is 0. The van der Waals surface area contributed by atoms with E-state index in [2.05, 4.69) is 152 Å². The molecule has 0 aliphatic heterocycles. The quantitative estimate of drug-likeness (QED) is 0.165. The first-order valence-corrected chi connectivity index (χ1v) is 18.4. The van der Waals surface area contributed by atoms with Crippen molar-refractivity contribution in [2.24, 2.45) is 5.41 Å². The molecule has 0 fully saturated rings. The van der Waals surface area contributed by atoms with Gasteiger partial charge in [0.15, 0.2) is 0 Å². The SMILES string of the molecule is Cc1c[c-]c(-c2cc(C)c(C)cn2)cc1.Cc1cc2c(ccc3c4cc[c-]c(-c5cc(-c6c(C)cccc6C)c(CC(C)(C)C)cn5)c4oc23)s1.[Ir]. The predicted octanol–water partition coefficient (Wildman–Crippen LogP) is 13.3. The molecule has 0 N–H and O–H groups in total. The average Bonchev–Trinajstić information content (AvgIpc) is 3.66. The number of furan rings is 1. The molecule has 0 spiro atoms. The Hall–Kier alpha value is -4.41. The van der Waals surface area contributed by atoms with Crippen LogP contribution in [0.2, 0.25) is 0 Å². The molecule has 0 amide bonds. The van der Waals surface area contributed by atoms with Crippen molar-refractivity contribution in [1.82, 2.24) is 9.97 Å². The molecule has 1 radical (unpaired) electrons. The summed E-state index contributed by atoms with van der Waals surface area (Å²) >= 11 is 1.81. The topological polar surface area (TPSA) is 38.9 Å². The molecule has 265 valence electrons. The van der Waals surface area contributed by atoms with Crippen LogP contribution in [-0.2, 0) is 26.5 Å². The number of fused-ring (bicyclic) bond motifs is 5. The molecule has 3 nitrogen and oxygen atoms in total. The fourth-order valence-corrected chi connectivity index (χ4v) is 7.79. The third kappa shape index (κ3) is 7.55. The third-order valence-corrected chi connectivity index (χ3v) is 10.6. The van der Waals surface area contributed by atoms with Gasteiger partial charge in [0.2, 0.25) is 0 Å². The summed E-state index contributed by atoms with van der Waals surface area (Å²) in [6, 6.07) is 34.5. The maximum Gasteiger partial charge on any atom is 0.129 e. The number of aryl methyl sites for hydroxylation is 6. The molecule has 5 heteroatoms. The number of hydrogen-bond donors (Lipinski definition) is 0. The van der Waals surface area contributed by atoms with Crippen LogP contribution in [0.15, 0.2) is 95.7 Å². The number of aromatic nitrogens is 2. The maximum absolute atomic E-state index is 6.60. The first-order valence-electron chi connectivity index (χ1n) is 17.6. The van der Waals surface area contributed by atoms with E-state index in [0.717, 1.165) is 50.9 Å². The molecular formula is C47H44IrN2OS-2. The van der Waals surface area contributed by atoms with Crippen molar-refractivity contribution >= 4 is 43.4 Å². The molecule has 0 saturated carbocycles. The van der Waals surface area contributed by atoms with Gasteiger partial charge in [0.25, 0.3) is 0 Å². The van der Waals surface area contributed by atoms with E-state index in [0.29, 0.717) is 0 Å². The zero-order valence-electron chi connectivity index (χ0n) is 31.4. The molecule has 0 bridgehead atoms. The van der Waals surface area contributed by atoms with Crippen molar-refractivity contribution in [3.8, 4) is 33.6 Å². The fraction of sp³-hybridized carbons (Fsp3) is 0.234. The Morgan fingerprint density at radius 1 is 0.692 bits per heavy atom. The van der Waals surface area contributed by atoms with Gasteiger partial charge in [-0.3, -0.25) is 0 Å². The minimum atomic E-state index is 0. The fourth-order valence-electron chi connectivity index (χ4n) is 6.87. The molecule has 0 saturated heterocycles. The molecule has 52 heavy (non-hydrogen) atoms. The molecule has 0 aliphatic carbocycles. The summed E-state index contributed by atoms with van der Waals surface area (Å²) in [6.45, 7) is 19.6.